The summed E-state index contributed by atoms with van der Waals surface area (Å²) >= 11 is 0. The first-order chi connectivity index (χ1) is 11.5. The van der Waals surface area contributed by atoms with Gasteiger partial charge in [0.05, 0.1) is 24.3 Å². The molecular weight excluding hydrogens is 312 g/mol. The Kier molecular flexibility index (Phi) is 3.69. The van der Waals surface area contributed by atoms with E-state index in [1.54, 1.807) is 0 Å². The number of carboxylic acid groups (broad SMARTS) is 1. The van der Waals surface area contributed by atoms with Crippen LogP contribution in [0, 0.1) is 6.92 Å². The van der Waals surface area contributed by atoms with Crippen LogP contribution < -0.4 is 0 Å². The first kappa shape index (κ1) is 15.4. The number of piperazine rings is 1. The number of hydrogen-bond acceptors (Lipinski definition) is 5. The fourth-order valence-electron chi connectivity index (χ4n) is 3.86. The summed E-state index contributed by atoms with van der Waals surface area (Å²) in [6.45, 7) is 5.35. The molecular formula is C17H20N2O5. The molecule has 1 aromatic rings. The number of benzene rings is 1. The van der Waals surface area contributed by atoms with Crippen molar-refractivity contribution in [2.75, 3.05) is 32.8 Å². The molecule has 7 nitrogen and oxygen atoms in total. The zero-order valence-electron chi connectivity index (χ0n) is 13.5. The van der Waals surface area contributed by atoms with E-state index in [0.717, 1.165) is 29.8 Å². The van der Waals surface area contributed by atoms with E-state index < -0.39 is 6.09 Å². The maximum Gasteiger partial charge on any atom is 0.407 e. The number of carbonyl (C=O) groups excluding carboxylic acids is 1. The summed E-state index contributed by atoms with van der Waals surface area (Å²) in [6, 6.07) is 3.90. The zero-order chi connectivity index (χ0) is 16.8. The van der Waals surface area contributed by atoms with Crippen LogP contribution in [0.15, 0.2) is 12.1 Å². The van der Waals surface area contributed by atoms with Gasteiger partial charge in [0, 0.05) is 31.7 Å². The lowest BCUT2D eigenvalue weighted by atomic mass is 9.94. The van der Waals surface area contributed by atoms with Gasteiger partial charge >= 0.3 is 12.1 Å². The molecule has 1 amide bonds. The first-order valence-corrected chi connectivity index (χ1v) is 8.17. The van der Waals surface area contributed by atoms with Gasteiger partial charge in [-0.05, 0) is 24.1 Å². The van der Waals surface area contributed by atoms with Crippen molar-refractivity contribution in [3.05, 3.63) is 34.4 Å². The third-order valence-corrected chi connectivity index (χ3v) is 5.32. The van der Waals surface area contributed by atoms with Gasteiger partial charge in [0.25, 0.3) is 0 Å². The molecule has 7 heteroatoms. The second-order valence-electron chi connectivity index (χ2n) is 6.58. The maximum absolute atomic E-state index is 11.7. The summed E-state index contributed by atoms with van der Waals surface area (Å²) in [6.07, 6.45) is -0.922. The second kappa shape index (κ2) is 5.75. The molecule has 0 radical (unpaired) electrons. The highest BCUT2D eigenvalue weighted by Crippen LogP contribution is 2.33. The number of amides is 1. The molecule has 0 bridgehead atoms. The van der Waals surface area contributed by atoms with Gasteiger partial charge in [-0.25, -0.2) is 9.59 Å². The van der Waals surface area contributed by atoms with Crippen LogP contribution in [0.5, 0.6) is 0 Å². The summed E-state index contributed by atoms with van der Waals surface area (Å²) in [5, 5.41) is 9.13. The number of hydrogen-bond donors (Lipinski definition) is 1. The lowest BCUT2D eigenvalue weighted by molar-refractivity contribution is -0.0868. The Morgan fingerprint density at radius 1 is 1.29 bits per heavy atom. The average molecular weight is 332 g/mol. The summed E-state index contributed by atoms with van der Waals surface area (Å²) in [7, 11) is 0. The van der Waals surface area contributed by atoms with Crippen molar-refractivity contribution in [1.29, 1.82) is 0 Å². The number of fused-ring (bicyclic) bond motifs is 2. The van der Waals surface area contributed by atoms with Crippen molar-refractivity contribution in [3.8, 4) is 0 Å². The summed E-state index contributed by atoms with van der Waals surface area (Å²) in [4.78, 5) is 26.5. The van der Waals surface area contributed by atoms with E-state index in [9.17, 15) is 9.59 Å². The predicted octanol–water partition coefficient (Wildman–Crippen LogP) is 1.40. The molecule has 2 fully saturated rings. The Morgan fingerprint density at radius 2 is 2.12 bits per heavy atom. The smallest absolute Gasteiger partial charge is 0.407 e. The van der Waals surface area contributed by atoms with Crippen LogP contribution in [0.1, 0.15) is 33.2 Å². The third kappa shape index (κ3) is 2.44. The minimum atomic E-state index is -0.865. The van der Waals surface area contributed by atoms with Crippen molar-refractivity contribution in [2.24, 2.45) is 0 Å². The number of cyclic esters (lactones) is 1. The van der Waals surface area contributed by atoms with E-state index in [1.807, 2.05) is 19.1 Å². The van der Waals surface area contributed by atoms with Gasteiger partial charge in [0.2, 0.25) is 0 Å². The number of esters is 1. The predicted molar refractivity (Wildman–Crippen MR) is 84.0 cm³/mol. The van der Waals surface area contributed by atoms with Crippen LogP contribution in [-0.2, 0) is 16.1 Å². The van der Waals surface area contributed by atoms with Gasteiger partial charge in [-0.2, -0.15) is 0 Å². The minimum Gasteiger partial charge on any atom is -0.465 e. The zero-order valence-corrected chi connectivity index (χ0v) is 13.5. The Hall–Kier alpha value is -2.12. The molecule has 3 aliphatic rings. The molecule has 128 valence electrons. The molecule has 2 saturated heterocycles. The standard InChI is InChI=1S/C17H20N2O5/c1-10-12(2-3-13-14(10)9-24-16(13)20)15-7-18-4-5-19(17(21)22)6-11(18)8-23-15/h2-3,11,15H,4-9H2,1H3,(H,21,22)/t11-,15-/m0/s1. The quantitative estimate of drug-likeness (QED) is 0.783. The molecule has 4 rings (SSSR count). The van der Waals surface area contributed by atoms with Gasteiger partial charge < -0.3 is 19.5 Å². The number of morpholine rings is 1. The van der Waals surface area contributed by atoms with E-state index in [2.05, 4.69) is 4.90 Å². The number of rotatable bonds is 1. The molecule has 0 aliphatic carbocycles. The first-order valence-electron chi connectivity index (χ1n) is 8.17. The van der Waals surface area contributed by atoms with Crippen molar-refractivity contribution in [2.45, 2.75) is 25.7 Å². The molecule has 1 aromatic carbocycles. The molecule has 1 N–H and O–H groups in total. The molecule has 0 unspecified atom stereocenters. The summed E-state index contributed by atoms with van der Waals surface area (Å²) in [5.74, 6) is -0.255. The van der Waals surface area contributed by atoms with Crippen LogP contribution in [0.4, 0.5) is 4.79 Å². The Labute approximate surface area is 139 Å². The monoisotopic (exact) mass is 332 g/mol. The molecule has 3 aliphatic heterocycles. The van der Waals surface area contributed by atoms with E-state index in [-0.39, 0.29) is 18.1 Å². The van der Waals surface area contributed by atoms with Gasteiger partial charge in [-0.15, -0.1) is 0 Å². The lowest BCUT2D eigenvalue weighted by Crippen LogP contribution is -2.59. The highest BCUT2D eigenvalue weighted by Gasteiger charge is 2.36. The van der Waals surface area contributed by atoms with E-state index >= 15 is 0 Å². The fourth-order valence-corrected chi connectivity index (χ4v) is 3.86. The van der Waals surface area contributed by atoms with Crippen LogP contribution >= 0.6 is 0 Å². The van der Waals surface area contributed by atoms with Crippen molar-refractivity contribution in [3.63, 3.8) is 0 Å². The fraction of sp³-hybridized carbons (Fsp3) is 0.529. The SMILES string of the molecule is Cc1c([C@@H]2CN3CCN(C(=O)O)C[C@H]3CO2)ccc2c1COC2=O. The van der Waals surface area contributed by atoms with Gasteiger partial charge in [-0.1, -0.05) is 6.07 Å². The second-order valence-corrected chi connectivity index (χ2v) is 6.58. The van der Waals surface area contributed by atoms with Crippen LogP contribution in [0.3, 0.4) is 0 Å². The molecule has 24 heavy (non-hydrogen) atoms. The highest BCUT2D eigenvalue weighted by molar-refractivity contribution is 5.93. The molecule has 0 aromatic heterocycles. The van der Waals surface area contributed by atoms with Crippen molar-refractivity contribution < 1.29 is 24.2 Å². The maximum atomic E-state index is 11.7. The van der Waals surface area contributed by atoms with E-state index in [1.165, 1.54) is 4.90 Å². The molecule has 0 spiro atoms. The van der Waals surface area contributed by atoms with Crippen molar-refractivity contribution >= 4 is 12.1 Å². The molecule has 2 atom stereocenters. The topological polar surface area (TPSA) is 79.3 Å². The van der Waals surface area contributed by atoms with Crippen LogP contribution in [0.2, 0.25) is 0 Å². The highest BCUT2D eigenvalue weighted by atomic mass is 16.5. The average Bonchev–Trinajstić information content (AvgIpc) is 2.96. The largest absolute Gasteiger partial charge is 0.465 e. The lowest BCUT2D eigenvalue weighted by Gasteiger charge is -2.45. The van der Waals surface area contributed by atoms with E-state index in [4.69, 9.17) is 14.6 Å². The van der Waals surface area contributed by atoms with Gasteiger partial charge in [-0.3, -0.25) is 4.90 Å². The van der Waals surface area contributed by atoms with Gasteiger partial charge in [0.15, 0.2) is 0 Å². The third-order valence-electron chi connectivity index (χ3n) is 5.32. The van der Waals surface area contributed by atoms with E-state index in [0.29, 0.717) is 31.9 Å². The van der Waals surface area contributed by atoms with Crippen LogP contribution in [0.25, 0.3) is 0 Å². The number of nitrogens with zero attached hydrogens (tertiary/aromatic N) is 2. The molecule has 0 saturated carbocycles. The number of carbonyl (C=O) groups is 2. The summed E-state index contributed by atoms with van der Waals surface area (Å²) in [5.41, 5.74) is 3.76. The summed E-state index contributed by atoms with van der Waals surface area (Å²) < 4.78 is 11.2. The van der Waals surface area contributed by atoms with Crippen molar-refractivity contribution in [1.82, 2.24) is 9.80 Å². The van der Waals surface area contributed by atoms with Crippen LogP contribution in [-0.4, -0.2) is 65.8 Å². The normalized spacial score (nSPS) is 26.7. The Morgan fingerprint density at radius 3 is 2.92 bits per heavy atom. The Bertz CT molecular complexity index is 704. The number of ether oxygens (including phenoxy) is 2. The minimum absolute atomic E-state index is 0.0568. The molecule has 3 heterocycles. The van der Waals surface area contributed by atoms with Gasteiger partial charge in [0.1, 0.15) is 6.61 Å². The Balaban J connectivity index is 1.52.